The van der Waals surface area contributed by atoms with Gasteiger partial charge >= 0.3 is 0 Å². The van der Waals surface area contributed by atoms with Crippen molar-refractivity contribution in [1.82, 2.24) is 0 Å². The van der Waals surface area contributed by atoms with Crippen LogP contribution in [0.2, 0.25) is 0 Å². The van der Waals surface area contributed by atoms with Crippen LogP contribution < -0.4 is 11.1 Å². The molecule has 3 N–H and O–H groups in total. The van der Waals surface area contributed by atoms with E-state index in [2.05, 4.69) is 5.32 Å². The molecule has 0 aliphatic carbocycles. The number of rotatable bonds is 2. The lowest BCUT2D eigenvalue weighted by molar-refractivity contribution is -0.116. The molecule has 0 aromatic heterocycles. The third-order valence-corrected chi connectivity index (χ3v) is 3.54. The van der Waals surface area contributed by atoms with E-state index in [-0.39, 0.29) is 17.0 Å². The Balaban J connectivity index is 2.05. The van der Waals surface area contributed by atoms with Crippen LogP contribution in [0.1, 0.15) is 27.9 Å². The van der Waals surface area contributed by atoms with E-state index in [0.29, 0.717) is 24.2 Å². The van der Waals surface area contributed by atoms with Crippen LogP contribution in [0, 0.1) is 5.82 Å². The highest BCUT2D eigenvalue weighted by Gasteiger charge is 2.22. The van der Waals surface area contributed by atoms with Gasteiger partial charge in [-0.3, -0.25) is 9.59 Å². The van der Waals surface area contributed by atoms with Crippen LogP contribution in [-0.2, 0) is 11.2 Å². The van der Waals surface area contributed by atoms with Gasteiger partial charge in [0.05, 0.1) is 5.56 Å². The molecule has 0 saturated carbocycles. The van der Waals surface area contributed by atoms with Crippen molar-refractivity contribution in [3.8, 4) is 0 Å². The molecule has 0 saturated heterocycles. The number of fused-ring (bicyclic) bond motifs is 1. The Bertz CT molecular complexity index is 756. The van der Waals surface area contributed by atoms with Crippen molar-refractivity contribution < 1.29 is 14.0 Å². The van der Waals surface area contributed by atoms with Crippen LogP contribution in [0.15, 0.2) is 36.4 Å². The highest BCUT2D eigenvalue weighted by molar-refractivity contribution is 6.12. The Morgan fingerprint density at radius 2 is 1.90 bits per heavy atom. The van der Waals surface area contributed by atoms with Crippen molar-refractivity contribution in [2.45, 2.75) is 12.8 Å². The van der Waals surface area contributed by atoms with Crippen molar-refractivity contribution >= 4 is 23.1 Å². The zero-order chi connectivity index (χ0) is 15.0. The molecule has 0 fully saturated rings. The van der Waals surface area contributed by atoms with Crippen LogP contribution in [0.3, 0.4) is 0 Å². The smallest absolute Gasteiger partial charge is 0.224 e. The quantitative estimate of drug-likeness (QED) is 0.657. The highest BCUT2D eigenvalue weighted by atomic mass is 19.1. The number of anilines is 2. The highest BCUT2D eigenvalue weighted by Crippen LogP contribution is 2.28. The topological polar surface area (TPSA) is 72.2 Å². The van der Waals surface area contributed by atoms with Gasteiger partial charge in [0, 0.05) is 23.4 Å². The summed E-state index contributed by atoms with van der Waals surface area (Å²) in [7, 11) is 0. The molecule has 0 atom stereocenters. The van der Waals surface area contributed by atoms with E-state index >= 15 is 0 Å². The van der Waals surface area contributed by atoms with Gasteiger partial charge in [-0.15, -0.1) is 0 Å². The van der Waals surface area contributed by atoms with E-state index < -0.39 is 11.6 Å². The second-order valence-electron chi connectivity index (χ2n) is 4.95. The lowest BCUT2D eigenvalue weighted by Gasteiger charge is -2.18. The molecule has 0 unspecified atom stereocenters. The van der Waals surface area contributed by atoms with E-state index in [1.54, 1.807) is 24.3 Å². The van der Waals surface area contributed by atoms with Crippen LogP contribution in [0.4, 0.5) is 15.8 Å². The van der Waals surface area contributed by atoms with Crippen molar-refractivity contribution in [3.05, 3.63) is 58.9 Å². The first-order chi connectivity index (χ1) is 10.1. The molecule has 3 rings (SSSR count). The zero-order valence-electron chi connectivity index (χ0n) is 11.2. The van der Waals surface area contributed by atoms with Gasteiger partial charge in [-0.25, -0.2) is 4.39 Å². The predicted molar refractivity (Wildman–Crippen MR) is 77.6 cm³/mol. The summed E-state index contributed by atoms with van der Waals surface area (Å²) in [5, 5.41) is 2.60. The summed E-state index contributed by atoms with van der Waals surface area (Å²) in [5.41, 5.74) is 7.52. The molecule has 106 valence electrons. The molecule has 21 heavy (non-hydrogen) atoms. The monoisotopic (exact) mass is 284 g/mol. The second kappa shape index (κ2) is 5.01. The van der Waals surface area contributed by atoms with E-state index in [1.807, 2.05) is 0 Å². The Kier molecular flexibility index (Phi) is 3.17. The van der Waals surface area contributed by atoms with E-state index in [0.717, 1.165) is 5.56 Å². The average Bonchev–Trinajstić information content (AvgIpc) is 2.46. The van der Waals surface area contributed by atoms with Gasteiger partial charge in [-0.2, -0.15) is 0 Å². The van der Waals surface area contributed by atoms with Crippen LogP contribution in [-0.4, -0.2) is 11.7 Å². The Labute approximate surface area is 120 Å². The number of nitrogen functional groups attached to an aromatic ring is 1. The third-order valence-electron chi connectivity index (χ3n) is 3.54. The van der Waals surface area contributed by atoms with Crippen LogP contribution in [0.5, 0.6) is 0 Å². The molecule has 2 aromatic rings. The number of aryl methyl sites for hydroxylation is 1. The number of amides is 1. The molecule has 0 radical (unpaired) electrons. The van der Waals surface area contributed by atoms with Gasteiger partial charge in [-0.1, -0.05) is 12.1 Å². The zero-order valence-corrected chi connectivity index (χ0v) is 11.2. The molecular weight excluding hydrogens is 271 g/mol. The summed E-state index contributed by atoms with van der Waals surface area (Å²) in [5.74, 6) is -1.26. The lowest BCUT2D eigenvalue weighted by Crippen LogP contribution is -2.20. The molecular formula is C16H13FN2O2. The number of hydrogen-bond donors (Lipinski definition) is 2. The van der Waals surface area contributed by atoms with Crippen LogP contribution in [0.25, 0.3) is 0 Å². The molecule has 1 amide bonds. The minimum absolute atomic E-state index is 0.0252. The first kappa shape index (κ1) is 13.3. The molecule has 0 spiro atoms. The van der Waals surface area contributed by atoms with Gasteiger partial charge in [0.15, 0.2) is 5.78 Å². The van der Waals surface area contributed by atoms with Crippen molar-refractivity contribution in [3.63, 3.8) is 0 Å². The maximum atomic E-state index is 14.2. The second-order valence-corrected chi connectivity index (χ2v) is 4.95. The number of benzene rings is 2. The van der Waals surface area contributed by atoms with Gasteiger partial charge in [0.2, 0.25) is 5.91 Å². The number of nitrogens with one attached hydrogen (secondary N) is 1. The number of nitrogens with two attached hydrogens (primary N) is 1. The summed E-state index contributed by atoms with van der Waals surface area (Å²) < 4.78 is 14.2. The summed E-state index contributed by atoms with van der Waals surface area (Å²) in [4.78, 5) is 23.7. The number of carbonyl (C=O) groups is 2. The minimum atomic E-state index is -0.663. The number of ketones is 1. The van der Waals surface area contributed by atoms with Crippen LogP contribution >= 0.6 is 0 Å². The fourth-order valence-corrected chi connectivity index (χ4v) is 2.43. The maximum Gasteiger partial charge on any atom is 0.224 e. The van der Waals surface area contributed by atoms with E-state index in [9.17, 15) is 14.0 Å². The summed E-state index contributed by atoms with van der Waals surface area (Å²) in [6, 6.07) is 9.25. The number of para-hydroxylation sites is 1. The molecule has 1 aliphatic rings. The first-order valence-electron chi connectivity index (χ1n) is 6.58. The average molecular weight is 284 g/mol. The predicted octanol–water partition coefficient (Wildman–Crippen LogP) is 2.52. The maximum absolute atomic E-state index is 14.2. The summed E-state index contributed by atoms with van der Waals surface area (Å²) in [6.45, 7) is 0. The Morgan fingerprint density at radius 1 is 1.14 bits per heavy atom. The van der Waals surface area contributed by atoms with Gasteiger partial charge in [0.25, 0.3) is 0 Å². The standard InChI is InChI=1S/C16H13FN2O2/c17-12-8-14-9(5-6-15(20)19-14)7-11(12)16(21)10-3-1-2-4-13(10)18/h1-4,7-8H,5-6,18H2,(H,19,20). The Hall–Kier alpha value is -2.69. The number of carbonyl (C=O) groups excluding carboxylic acids is 2. The number of hydrogen-bond acceptors (Lipinski definition) is 3. The summed E-state index contributed by atoms with van der Waals surface area (Å²) >= 11 is 0. The van der Waals surface area contributed by atoms with Gasteiger partial charge in [0.1, 0.15) is 5.82 Å². The number of halogens is 1. The molecule has 1 heterocycles. The van der Waals surface area contributed by atoms with Crippen molar-refractivity contribution in [2.75, 3.05) is 11.1 Å². The lowest BCUT2D eigenvalue weighted by atomic mass is 9.95. The van der Waals surface area contributed by atoms with Crippen molar-refractivity contribution in [1.29, 1.82) is 0 Å². The largest absolute Gasteiger partial charge is 0.398 e. The normalized spacial score (nSPS) is 13.5. The Morgan fingerprint density at radius 3 is 2.67 bits per heavy atom. The van der Waals surface area contributed by atoms with Crippen molar-refractivity contribution in [2.24, 2.45) is 0 Å². The fourth-order valence-electron chi connectivity index (χ4n) is 2.43. The molecule has 2 aromatic carbocycles. The molecule has 1 aliphatic heterocycles. The van der Waals surface area contributed by atoms with Gasteiger partial charge in [-0.05, 0) is 36.2 Å². The van der Waals surface area contributed by atoms with E-state index in [4.69, 9.17) is 5.73 Å². The summed E-state index contributed by atoms with van der Waals surface area (Å²) in [6.07, 6.45) is 0.825. The minimum Gasteiger partial charge on any atom is -0.398 e. The molecule has 4 nitrogen and oxygen atoms in total. The SMILES string of the molecule is Nc1ccccc1C(=O)c1cc2c(cc1F)NC(=O)CC2. The third kappa shape index (κ3) is 2.38. The first-order valence-corrected chi connectivity index (χ1v) is 6.58. The van der Waals surface area contributed by atoms with Gasteiger partial charge < -0.3 is 11.1 Å². The fraction of sp³-hybridized carbons (Fsp3) is 0.125. The van der Waals surface area contributed by atoms with E-state index in [1.165, 1.54) is 12.1 Å². The molecule has 5 heteroatoms. The molecule has 0 bridgehead atoms.